The molecular formula is C15H18ClN3O. The molecule has 1 saturated heterocycles. The number of amides is 1. The smallest absolute Gasteiger partial charge is 0.231 e. The van der Waals surface area contributed by atoms with Crippen LogP contribution in [0.25, 0.3) is 0 Å². The van der Waals surface area contributed by atoms with E-state index < -0.39 is 0 Å². The lowest BCUT2D eigenvalue weighted by atomic mass is 9.81. The first-order chi connectivity index (χ1) is 9.61. The van der Waals surface area contributed by atoms with E-state index in [4.69, 9.17) is 16.9 Å². The molecule has 1 aromatic carbocycles. The third-order valence-electron chi connectivity index (χ3n) is 3.80. The number of hydrogen-bond acceptors (Lipinski definition) is 3. The maximum atomic E-state index is 12.6. The summed E-state index contributed by atoms with van der Waals surface area (Å²) in [6.45, 7) is 3.66. The molecule has 0 radical (unpaired) electrons. The van der Waals surface area contributed by atoms with Gasteiger partial charge in [-0.05, 0) is 37.6 Å². The standard InChI is InChI=1S/C15H18ClN3O/c1-2-5-15(6-7-18-10-15)14(20)19-13-4-3-11(9-17)8-12(13)16/h3-4,8,18H,2,5-7,10H2,1H3,(H,19,20). The quantitative estimate of drug-likeness (QED) is 0.896. The Balaban J connectivity index is 2.16. The highest BCUT2D eigenvalue weighted by Gasteiger charge is 2.40. The number of carbonyl (C=O) groups excluding carboxylic acids is 1. The Morgan fingerprint density at radius 2 is 2.40 bits per heavy atom. The molecule has 1 aromatic rings. The highest BCUT2D eigenvalue weighted by molar-refractivity contribution is 6.33. The van der Waals surface area contributed by atoms with E-state index in [9.17, 15) is 4.79 Å². The van der Waals surface area contributed by atoms with Gasteiger partial charge in [-0.2, -0.15) is 5.26 Å². The van der Waals surface area contributed by atoms with E-state index >= 15 is 0 Å². The zero-order chi connectivity index (χ0) is 14.6. The van der Waals surface area contributed by atoms with E-state index in [0.717, 1.165) is 25.8 Å². The number of anilines is 1. The van der Waals surface area contributed by atoms with Gasteiger partial charge in [0.15, 0.2) is 0 Å². The normalized spacial score (nSPS) is 21.4. The van der Waals surface area contributed by atoms with Crippen molar-refractivity contribution in [1.29, 1.82) is 5.26 Å². The molecule has 0 aliphatic carbocycles. The third kappa shape index (κ3) is 2.95. The molecule has 2 rings (SSSR count). The van der Waals surface area contributed by atoms with Crippen LogP contribution in [0, 0.1) is 16.7 Å². The highest BCUT2D eigenvalue weighted by atomic mass is 35.5. The monoisotopic (exact) mass is 291 g/mol. The van der Waals surface area contributed by atoms with E-state index in [2.05, 4.69) is 17.6 Å². The van der Waals surface area contributed by atoms with Crippen molar-refractivity contribution < 1.29 is 4.79 Å². The Hall–Kier alpha value is -1.57. The van der Waals surface area contributed by atoms with Crippen molar-refractivity contribution in [2.24, 2.45) is 5.41 Å². The van der Waals surface area contributed by atoms with Crippen LogP contribution in [0.5, 0.6) is 0 Å². The van der Waals surface area contributed by atoms with Gasteiger partial charge in [0.25, 0.3) is 0 Å². The van der Waals surface area contributed by atoms with Gasteiger partial charge in [-0.1, -0.05) is 24.9 Å². The third-order valence-corrected chi connectivity index (χ3v) is 4.11. The summed E-state index contributed by atoms with van der Waals surface area (Å²) < 4.78 is 0. The SMILES string of the molecule is CCCC1(C(=O)Nc2ccc(C#N)cc2Cl)CCNC1. The molecule has 1 fully saturated rings. The predicted octanol–water partition coefficient (Wildman–Crippen LogP) is 2.93. The summed E-state index contributed by atoms with van der Waals surface area (Å²) in [5.41, 5.74) is 0.711. The Morgan fingerprint density at radius 1 is 1.60 bits per heavy atom. The Morgan fingerprint density at radius 3 is 2.95 bits per heavy atom. The van der Waals surface area contributed by atoms with Crippen LogP contribution in [0.3, 0.4) is 0 Å². The predicted molar refractivity (Wildman–Crippen MR) is 79.6 cm³/mol. The summed E-state index contributed by atoms with van der Waals surface area (Å²) in [6.07, 6.45) is 2.68. The average Bonchev–Trinajstić information content (AvgIpc) is 2.91. The molecule has 1 amide bonds. The van der Waals surface area contributed by atoms with E-state index in [-0.39, 0.29) is 11.3 Å². The maximum Gasteiger partial charge on any atom is 0.231 e. The van der Waals surface area contributed by atoms with Crippen LogP contribution in [0.2, 0.25) is 5.02 Å². The first-order valence-electron chi connectivity index (χ1n) is 6.83. The maximum absolute atomic E-state index is 12.6. The number of carbonyl (C=O) groups is 1. The number of halogens is 1. The van der Waals surface area contributed by atoms with E-state index in [1.165, 1.54) is 0 Å². The number of nitriles is 1. The van der Waals surface area contributed by atoms with Crippen LogP contribution in [0.15, 0.2) is 18.2 Å². The second kappa shape index (κ2) is 6.25. The van der Waals surface area contributed by atoms with Crippen molar-refractivity contribution in [1.82, 2.24) is 5.32 Å². The van der Waals surface area contributed by atoms with E-state index in [1.54, 1.807) is 18.2 Å². The van der Waals surface area contributed by atoms with Crippen LogP contribution in [0.4, 0.5) is 5.69 Å². The number of rotatable bonds is 4. The van der Waals surface area contributed by atoms with Crippen molar-refractivity contribution in [2.45, 2.75) is 26.2 Å². The van der Waals surface area contributed by atoms with Crippen molar-refractivity contribution in [3.05, 3.63) is 28.8 Å². The summed E-state index contributed by atoms with van der Waals surface area (Å²) in [7, 11) is 0. The van der Waals surface area contributed by atoms with Gasteiger partial charge in [-0.3, -0.25) is 4.79 Å². The van der Waals surface area contributed by atoms with Gasteiger partial charge in [-0.15, -0.1) is 0 Å². The topological polar surface area (TPSA) is 64.9 Å². The second-order valence-corrected chi connectivity index (χ2v) is 5.62. The molecule has 4 nitrogen and oxygen atoms in total. The van der Waals surface area contributed by atoms with Crippen LogP contribution < -0.4 is 10.6 Å². The molecule has 0 spiro atoms. The molecule has 1 aliphatic heterocycles. The number of nitrogens with one attached hydrogen (secondary N) is 2. The molecule has 1 atom stereocenters. The summed E-state index contributed by atoms with van der Waals surface area (Å²) >= 11 is 6.10. The summed E-state index contributed by atoms with van der Waals surface area (Å²) in [5.74, 6) is 0.0101. The molecule has 0 saturated carbocycles. The van der Waals surface area contributed by atoms with Crippen molar-refractivity contribution in [3.8, 4) is 6.07 Å². The number of benzene rings is 1. The molecule has 106 valence electrons. The Labute approximate surface area is 124 Å². The first kappa shape index (κ1) is 14.8. The lowest BCUT2D eigenvalue weighted by molar-refractivity contribution is -0.125. The fourth-order valence-electron chi connectivity index (χ4n) is 2.68. The van der Waals surface area contributed by atoms with Crippen LogP contribution in [0.1, 0.15) is 31.7 Å². The van der Waals surface area contributed by atoms with Crippen LogP contribution in [-0.2, 0) is 4.79 Å². The zero-order valence-electron chi connectivity index (χ0n) is 11.5. The van der Waals surface area contributed by atoms with Gasteiger partial charge >= 0.3 is 0 Å². The van der Waals surface area contributed by atoms with Gasteiger partial charge in [0.1, 0.15) is 0 Å². The zero-order valence-corrected chi connectivity index (χ0v) is 12.3. The fourth-order valence-corrected chi connectivity index (χ4v) is 2.91. The molecular weight excluding hydrogens is 274 g/mol. The molecule has 1 unspecified atom stereocenters. The minimum atomic E-state index is -0.341. The van der Waals surface area contributed by atoms with E-state index in [0.29, 0.717) is 22.8 Å². The molecule has 5 heteroatoms. The molecule has 0 bridgehead atoms. The number of nitrogens with zero attached hydrogens (tertiary/aromatic N) is 1. The highest BCUT2D eigenvalue weighted by Crippen LogP contribution is 2.33. The van der Waals surface area contributed by atoms with Gasteiger partial charge in [0.2, 0.25) is 5.91 Å². The van der Waals surface area contributed by atoms with Gasteiger partial charge in [-0.25, -0.2) is 0 Å². The van der Waals surface area contributed by atoms with Crippen molar-refractivity contribution in [3.63, 3.8) is 0 Å². The van der Waals surface area contributed by atoms with Crippen molar-refractivity contribution >= 4 is 23.2 Å². The van der Waals surface area contributed by atoms with E-state index in [1.807, 2.05) is 6.07 Å². The van der Waals surface area contributed by atoms with Crippen molar-refractivity contribution in [2.75, 3.05) is 18.4 Å². The molecule has 1 heterocycles. The minimum absolute atomic E-state index is 0.0101. The second-order valence-electron chi connectivity index (χ2n) is 5.22. The lowest BCUT2D eigenvalue weighted by Crippen LogP contribution is -2.38. The van der Waals surface area contributed by atoms with Gasteiger partial charge < -0.3 is 10.6 Å². The Bertz CT molecular complexity index is 545. The summed E-state index contributed by atoms with van der Waals surface area (Å²) in [4.78, 5) is 12.6. The largest absolute Gasteiger partial charge is 0.324 e. The van der Waals surface area contributed by atoms with Gasteiger partial charge in [0.05, 0.1) is 27.8 Å². The van der Waals surface area contributed by atoms with Gasteiger partial charge in [0, 0.05) is 6.54 Å². The Kier molecular flexibility index (Phi) is 4.64. The summed E-state index contributed by atoms with van der Waals surface area (Å²) in [5, 5.41) is 15.4. The van der Waals surface area contributed by atoms with Crippen LogP contribution in [-0.4, -0.2) is 19.0 Å². The molecule has 2 N–H and O–H groups in total. The summed E-state index contributed by atoms with van der Waals surface area (Å²) in [6, 6.07) is 6.93. The molecule has 1 aliphatic rings. The lowest BCUT2D eigenvalue weighted by Gasteiger charge is -2.26. The number of hydrogen-bond donors (Lipinski definition) is 2. The fraction of sp³-hybridized carbons (Fsp3) is 0.467. The van der Waals surface area contributed by atoms with Crippen LogP contribution >= 0.6 is 11.6 Å². The molecule has 20 heavy (non-hydrogen) atoms. The minimum Gasteiger partial charge on any atom is -0.324 e. The first-order valence-corrected chi connectivity index (χ1v) is 7.21. The molecule has 0 aromatic heterocycles. The average molecular weight is 292 g/mol.